The number of esters is 1. The SMILES string of the molecule is COC(=O)c1ccc(S(C)(=O)=O)c(COc2ccnn2C)c1Cl. The summed E-state index contributed by atoms with van der Waals surface area (Å²) in [4.78, 5) is 11.7. The van der Waals surface area contributed by atoms with Crippen LogP contribution < -0.4 is 4.74 Å². The van der Waals surface area contributed by atoms with Crippen molar-refractivity contribution < 1.29 is 22.7 Å². The topological polar surface area (TPSA) is 87.5 Å². The molecule has 1 aromatic heterocycles. The molecule has 0 aliphatic heterocycles. The van der Waals surface area contributed by atoms with Gasteiger partial charge in [-0.3, -0.25) is 0 Å². The fourth-order valence-electron chi connectivity index (χ4n) is 2.00. The number of aromatic nitrogens is 2. The van der Waals surface area contributed by atoms with Crippen LogP contribution in [0.25, 0.3) is 0 Å². The standard InChI is InChI=1S/C14H15ClN2O5S/c1-17-12(6-7-16-17)22-8-10-11(23(3,19)20)5-4-9(13(10)15)14(18)21-2/h4-7H,8H2,1-3H3. The number of hydrogen-bond acceptors (Lipinski definition) is 6. The summed E-state index contributed by atoms with van der Waals surface area (Å²) in [6, 6.07) is 4.26. The molecule has 1 heterocycles. The number of ether oxygens (including phenoxy) is 2. The summed E-state index contributed by atoms with van der Waals surface area (Å²) in [5, 5.41) is 3.94. The van der Waals surface area contributed by atoms with Crippen molar-refractivity contribution in [2.75, 3.05) is 13.4 Å². The molecule has 0 saturated carbocycles. The van der Waals surface area contributed by atoms with Gasteiger partial charge in [0, 0.05) is 24.9 Å². The molecule has 0 saturated heterocycles. The molecule has 0 radical (unpaired) electrons. The minimum absolute atomic E-state index is 0.00248. The maximum absolute atomic E-state index is 11.9. The van der Waals surface area contributed by atoms with Crippen molar-refractivity contribution in [3.05, 3.63) is 40.5 Å². The number of aryl methyl sites for hydroxylation is 1. The van der Waals surface area contributed by atoms with E-state index in [0.717, 1.165) is 6.26 Å². The fourth-order valence-corrected chi connectivity index (χ4v) is 3.28. The van der Waals surface area contributed by atoms with E-state index >= 15 is 0 Å². The van der Waals surface area contributed by atoms with Gasteiger partial charge in [-0.2, -0.15) is 5.10 Å². The Morgan fingerprint density at radius 2 is 2.04 bits per heavy atom. The molecule has 1 aromatic carbocycles. The molecule has 7 nitrogen and oxygen atoms in total. The van der Waals surface area contributed by atoms with Crippen molar-refractivity contribution in [1.82, 2.24) is 9.78 Å². The summed E-state index contributed by atoms with van der Waals surface area (Å²) in [6.07, 6.45) is 2.60. The Morgan fingerprint density at radius 1 is 1.35 bits per heavy atom. The molecule has 0 amide bonds. The van der Waals surface area contributed by atoms with Crippen molar-refractivity contribution in [2.24, 2.45) is 7.05 Å². The molecule has 0 aliphatic rings. The van der Waals surface area contributed by atoms with Crippen molar-refractivity contribution in [3.8, 4) is 5.88 Å². The molecule has 0 N–H and O–H groups in total. The van der Waals surface area contributed by atoms with Crippen LogP contribution in [0.5, 0.6) is 5.88 Å². The monoisotopic (exact) mass is 358 g/mol. The number of methoxy groups -OCH3 is 1. The van der Waals surface area contributed by atoms with Crippen molar-refractivity contribution in [1.29, 1.82) is 0 Å². The quantitative estimate of drug-likeness (QED) is 0.758. The smallest absolute Gasteiger partial charge is 0.339 e. The van der Waals surface area contributed by atoms with Crippen LogP contribution in [0.1, 0.15) is 15.9 Å². The average molecular weight is 359 g/mol. The highest BCUT2D eigenvalue weighted by atomic mass is 35.5. The molecule has 0 spiro atoms. The predicted octanol–water partition coefficient (Wildman–Crippen LogP) is 1.84. The largest absolute Gasteiger partial charge is 0.473 e. The van der Waals surface area contributed by atoms with E-state index in [9.17, 15) is 13.2 Å². The van der Waals surface area contributed by atoms with Crippen molar-refractivity contribution in [2.45, 2.75) is 11.5 Å². The van der Waals surface area contributed by atoms with Gasteiger partial charge >= 0.3 is 5.97 Å². The van der Waals surface area contributed by atoms with Crippen LogP contribution in [0, 0.1) is 0 Å². The fraction of sp³-hybridized carbons (Fsp3) is 0.286. The van der Waals surface area contributed by atoms with Crippen LogP contribution in [0.2, 0.25) is 5.02 Å². The highest BCUT2D eigenvalue weighted by Crippen LogP contribution is 2.29. The maximum atomic E-state index is 11.9. The zero-order valence-corrected chi connectivity index (χ0v) is 14.3. The lowest BCUT2D eigenvalue weighted by Crippen LogP contribution is -2.11. The first kappa shape index (κ1) is 17.3. The lowest BCUT2D eigenvalue weighted by Gasteiger charge is -2.14. The van der Waals surface area contributed by atoms with Gasteiger partial charge < -0.3 is 9.47 Å². The summed E-state index contributed by atoms with van der Waals surface area (Å²) in [6.45, 7) is -0.133. The second-order valence-corrected chi connectivity index (χ2v) is 7.11. The third kappa shape index (κ3) is 3.65. The zero-order chi connectivity index (χ0) is 17.2. The second-order valence-electron chi connectivity index (χ2n) is 4.75. The Labute approximate surface area is 138 Å². The molecule has 0 fully saturated rings. The maximum Gasteiger partial charge on any atom is 0.339 e. The van der Waals surface area contributed by atoms with E-state index in [4.69, 9.17) is 16.3 Å². The molecule has 2 aromatic rings. The van der Waals surface area contributed by atoms with E-state index < -0.39 is 15.8 Å². The number of carbonyl (C=O) groups is 1. The Kier molecular flexibility index (Phi) is 4.96. The Morgan fingerprint density at radius 3 is 2.57 bits per heavy atom. The summed E-state index contributed by atoms with van der Waals surface area (Å²) >= 11 is 6.21. The summed E-state index contributed by atoms with van der Waals surface area (Å²) in [7, 11) is -0.648. The summed E-state index contributed by atoms with van der Waals surface area (Å²) in [5.74, 6) is -0.221. The van der Waals surface area contributed by atoms with Crippen LogP contribution in [0.15, 0.2) is 29.3 Å². The normalized spacial score (nSPS) is 11.3. The lowest BCUT2D eigenvalue weighted by molar-refractivity contribution is 0.0600. The van der Waals surface area contributed by atoms with Gasteiger partial charge in [0.25, 0.3) is 0 Å². The van der Waals surface area contributed by atoms with E-state index in [1.54, 1.807) is 19.3 Å². The third-order valence-electron chi connectivity index (χ3n) is 3.15. The molecule has 0 unspecified atom stereocenters. The number of rotatable bonds is 5. The number of nitrogens with zero attached hydrogens (tertiary/aromatic N) is 2. The molecular formula is C14H15ClN2O5S. The number of halogens is 1. The minimum Gasteiger partial charge on any atom is -0.473 e. The molecule has 0 bridgehead atoms. The highest BCUT2D eigenvalue weighted by molar-refractivity contribution is 7.90. The van der Waals surface area contributed by atoms with Crippen LogP contribution in [-0.2, 0) is 28.2 Å². The van der Waals surface area contributed by atoms with Crippen LogP contribution in [-0.4, -0.2) is 37.5 Å². The van der Waals surface area contributed by atoms with Crippen molar-refractivity contribution in [3.63, 3.8) is 0 Å². The zero-order valence-electron chi connectivity index (χ0n) is 12.7. The van der Waals surface area contributed by atoms with Crippen LogP contribution in [0.4, 0.5) is 0 Å². The molecule has 124 valence electrons. The first-order chi connectivity index (χ1) is 10.8. The number of benzene rings is 1. The van der Waals surface area contributed by atoms with Gasteiger partial charge in [-0.15, -0.1) is 0 Å². The summed E-state index contributed by atoms with van der Waals surface area (Å²) < 4.78 is 35.5. The van der Waals surface area contributed by atoms with E-state index in [2.05, 4.69) is 9.84 Å². The molecular weight excluding hydrogens is 344 g/mol. The van der Waals surface area contributed by atoms with Crippen molar-refractivity contribution >= 4 is 27.4 Å². The Balaban J connectivity index is 2.48. The number of sulfone groups is 1. The van der Waals surface area contributed by atoms with Gasteiger partial charge in [0.05, 0.1) is 28.8 Å². The highest BCUT2D eigenvalue weighted by Gasteiger charge is 2.22. The van der Waals surface area contributed by atoms with E-state index in [1.807, 2.05) is 0 Å². The predicted molar refractivity (Wildman–Crippen MR) is 83.4 cm³/mol. The second kappa shape index (κ2) is 6.59. The minimum atomic E-state index is -3.55. The lowest BCUT2D eigenvalue weighted by atomic mass is 10.1. The molecule has 0 atom stereocenters. The molecule has 2 rings (SSSR count). The van der Waals surface area contributed by atoms with Crippen LogP contribution in [0.3, 0.4) is 0 Å². The molecule has 23 heavy (non-hydrogen) atoms. The first-order valence-electron chi connectivity index (χ1n) is 6.46. The van der Waals surface area contributed by atoms with E-state index in [0.29, 0.717) is 5.88 Å². The number of carbonyl (C=O) groups excluding carboxylic acids is 1. The van der Waals surface area contributed by atoms with Gasteiger partial charge in [-0.25, -0.2) is 17.9 Å². The van der Waals surface area contributed by atoms with Gasteiger partial charge in [-0.1, -0.05) is 11.6 Å². The van der Waals surface area contributed by atoms with Crippen LogP contribution >= 0.6 is 11.6 Å². The average Bonchev–Trinajstić information content (AvgIpc) is 2.89. The Hall–Kier alpha value is -2.06. The van der Waals surface area contributed by atoms with E-state index in [-0.39, 0.29) is 27.7 Å². The van der Waals surface area contributed by atoms with Gasteiger partial charge in [0.1, 0.15) is 6.61 Å². The molecule has 0 aliphatic carbocycles. The number of hydrogen-bond donors (Lipinski definition) is 0. The van der Waals surface area contributed by atoms with Gasteiger partial charge in [0.15, 0.2) is 9.84 Å². The first-order valence-corrected chi connectivity index (χ1v) is 8.73. The summed E-state index contributed by atoms with van der Waals surface area (Å²) in [5.41, 5.74) is 0.267. The third-order valence-corrected chi connectivity index (χ3v) is 4.76. The molecule has 9 heteroatoms. The van der Waals surface area contributed by atoms with E-state index in [1.165, 1.54) is 23.9 Å². The van der Waals surface area contributed by atoms with Gasteiger partial charge in [0.2, 0.25) is 5.88 Å². The Bertz CT molecular complexity index is 845. The van der Waals surface area contributed by atoms with Gasteiger partial charge in [-0.05, 0) is 12.1 Å².